The van der Waals surface area contributed by atoms with Crippen LogP contribution in [0.1, 0.15) is 39.3 Å². The van der Waals surface area contributed by atoms with E-state index in [0.717, 1.165) is 25.1 Å². The summed E-state index contributed by atoms with van der Waals surface area (Å²) in [5.74, 6) is 0.435. The van der Waals surface area contributed by atoms with Crippen molar-refractivity contribution in [2.75, 3.05) is 13.6 Å². The highest BCUT2D eigenvalue weighted by Gasteiger charge is 2.36. The molecule has 1 saturated heterocycles. The second-order valence-corrected chi connectivity index (χ2v) is 8.05. The largest absolute Gasteiger partial charge is 0.349 e. The minimum atomic E-state index is -3.37. The van der Waals surface area contributed by atoms with Crippen LogP contribution in [-0.4, -0.2) is 36.9 Å². The number of hydrogen-bond acceptors (Lipinski definition) is 3. The van der Waals surface area contributed by atoms with Crippen LogP contribution in [0.2, 0.25) is 0 Å². The van der Waals surface area contributed by atoms with Gasteiger partial charge in [0.1, 0.15) is 4.90 Å². The molecule has 0 spiro atoms. The van der Waals surface area contributed by atoms with E-state index in [0.29, 0.717) is 23.9 Å². The van der Waals surface area contributed by atoms with Crippen molar-refractivity contribution in [3.05, 3.63) is 18.0 Å². The van der Waals surface area contributed by atoms with Gasteiger partial charge in [0, 0.05) is 37.6 Å². The molecule has 1 fully saturated rings. The van der Waals surface area contributed by atoms with Crippen molar-refractivity contribution in [2.24, 2.45) is 5.92 Å². The van der Waals surface area contributed by atoms with Crippen molar-refractivity contribution in [1.82, 2.24) is 14.2 Å². The van der Waals surface area contributed by atoms with E-state index >= 15 is 0 Å². The van der Waals surface area contributed by atoms with Gasteiger partial charge in [-0.25, -0.2) is 8.42 Å². The molecule has 1 aliphatic rings. The summed E-state index contributed by atoms with van der Waals surface area (Å²) in [5.41, 5.74) is 1.03. The Hall–Kier alpha value is -0.850. The molecule has 2 atom stereocenters. The summed E-state index contributed by atoms with van der Waals surface area (Å²) in [6, 6.07) is 1.91. The second-order valence-electron chi connectivity index (χ2n) is 6.16. The zero-order chi connectivity index (χ0) is 15.6. The van der Waals surface area contributed by atoms with Gasteiger partial charge in [-0.15, -0.1) is 0 Å². The molecule has 0 saturated carbocycles. The molecule has 0 aromatic carbocycles. The van der Waals surface area contributed by atoms with Gasteiger partial charge in [-0.2, -0.15) is 4.31 Å². The maximum atomic E-state index is 12.9. The Morgan fingerprint density at radius 1 is 1.38 bits per heavy atom. The van der Waals surface area contributed by atoms with E-state index in [9.17, 15) is 8.42 Å². The van der Waals surface area contributed by atoms with E-state index in [2.05, 4.69) is 19.2 Å². The molecule has 2 rings (SSSR count). The third kappa shape index (κ3) is 3.33. The van der Waals surface area contributed by atoms with Gasteiger partial charge in [0.2, 0.25) is 10.0 Å². The zero-order valence-corrected chi connectivity index (χ0v) is 14.3. The van der Waals surface area contributed by atoms with Crippen molar-refractivity contribution < 1.29 is 8.42 Å². The van der Waals surface area contributed by atoms with E-state index in [-0.39, 0.29) is 6.04 Å². The topological polar surface area (TPSA) is 54.3 Å². The average molecular weight is 313 g/mol. The summed E-state index contributed by atoms with van der Waals surface area (Å²) in [7, 11) is -1.50. The number of nitrogens with zero attached hydrogens (tertiary/aromatic N) is 2. The zero-order valence-electron chi connectivity index (χ0n) is 13.5. The number of aryl methyl sites for hydroxylation is 1. The lowest BCUT2D eigenvalue weighted by Crippen LogP contribution is -2.33. The van der Waals surface area contributed by atoms with E-state index in [1.54, 1.807) is 10.5 Å². The monoisotopic (exact) mass is 313 g/mol. The summed E-state index contributed by atoms with van der Waals surface area (Å²) in [6.45, 7) is 8.37. The molecule has 1 aromatic rings. The van der Waals surface area contributed by atoms with Gasteiger partial charge < -0.3 is 9.88 Å². The Kier molecular flexibility index (Phi) is 5.11. The third-order valence-electron chi connectivity index (χ3n) is 4.12. The van der Waals surface area contributed by atoms with Crippen LogP contribution >= 0.6 is 0 Å². The molecule has 6 heteroatoms. The molecule has 1 aromatic heterocycles. The van der Waals surface area contributed by atoms with Gasteiger partial charge >= 0.3 is 0 Å². The van der Waals surface area contributed by atoms with E-state index < -0.39 is 10.0 Å². The molecular weight excluding hydrogens is 286 g/mol. The van der Waals surface area contributed by atoms with Gasteiger partial charge in [0.05, 0.1) is 0 Å². The summed E-state index contributed by atoms with van der Waals surface area (Å²) in [6.07, 6.45) is 3.72. The highest BCUT2D eigenvalue weighted by atomic mass is 32.2. The lowest BCUT2D eigenvalue weighted by Gasteiger charge is -2.20. The molecule has 120 valence electrons. The van der Waals surface area contributed by atoms with Crippen LogP contribution in [0.4, 0.5) is 0 Å². The lowest BCUT2D eigenvalue weighted by molar-refractivity contribution is 0.405. The van der Waals surface area contributed by atoms with Crippen LogP contribution in [-0.2, 0) is 23.1 Å². The van der Waals surface area contributed by atoms with Gasteiger partial charge in [0.25, 0.3) is 0 Å². The molecule has 21 heavy (non-hydrogen) atoms. The molecule has 0 radical (unpaired) electrons. The first-order valence-electron chi connectivity index (χ1n) is 7.75. The maximum absolute atomic E-state index is 12.9. The second kappa shape index (κ2) is 6.50. The molecule has 1 aliphatic heterocycles. The van der Waals surface area contributed by atoms with Crippen molar-refractivity contribution in [2.45, 2.75) is 57.6 Å². The fourth-order valence-electron chi connectivity index (χ4n) is 3.18. The van der Waals surface area contributed by atoms with Crippen molar-refractivity contribution in [3.63, 3.8) is 0 Å². The van der Waals surface area contributed by atoms with Crippen LogP contribution in [0.25, 0.3) is 0 Å². The number of rotatable bonds is 6. The normalized spacial score (nSPS) is 23.8. The van der Waals surface area contributed by atoms with E-state index in [4.69, 9.17) is 0 Å². The van der Waals surface area contributed by atoms with Crippen molar-refractivity contribution in [3.8, 4) is 0 Å². The Bertz CT molecular complexity index is 556. The smallest absolute Gasteiger partial charge is 0.244 e. The summed E-state index contributed by atoms with van der Waals surface area (Å²) in [4.78, 5) is 0.433. The Morgan fingerprint density at radius 2 is 2.10 bits per heavy atom. The van der Waals surface area contributed by atoms with Crippen LogP contribution in [0.15, 0.2) is 17.2 Å². The van der Waals surface area contributed by atoms with Crippen LogP contribution in [0.5, 0.6) is 0 Å². The quantitative estimate of drug-likeness (QED) is 0.874. The van der Waals surface area contributed by atoms with Gasteiger partial charge in [-0.3, -0.25) is 0 Å². The van der Waals surface area contributed by atoms with E-state index in [1.165, 1.54) is 0 Å². The molecule has 0 amide bonds. The molecule has 2 unspecified atom stereocenters. The summed E-state index contributed by atoms with van der Waals surface area (Å²) < 4.78 is 29.4. The Labute approximate surface area is 128 Å². The van der Waals surface area contributed by atoms with Gasteiger partial charge in [-0.1, -0.05) is 13.8 Å². The number of aromatic nitrogens is 1. The fraction of sp³-hybridized carbons (Fsp3) is 0.733. The molecule has 0 bridgehead atoms. The molecule has 5 nitrogen and oxygen atoms in total. The highest BCUT2D eigenvalue weighted by Crippen LogP contribution is 2.30. The Morgan fingerprint density at radius 3 is 2.62 bits per heavy atom. The van der Waals surface area contributed by atoms with Gasteiger partial charge in [0.15, 0.2) is 0 Å². The lowest BCUT2D eigenvalue weighted by atomic mass is 10.1. The maximum Gasteiger partial charge on any atom is 0.244 e. The molecule has 2 heterocycles. The number of hydrogen-bond donors (Lipinski definition) is 1. The minimum absolute atomic E-state index is 0.0901. The van der Waals surface area contributed by atoms with E-state index in [1.807, 2.05) is 24.6 Å². The first-order chi connectivity index (χ1) is 9.90. The van der Waals surface area contributed by atoms with Crippen molar-refractivity contribution in [1.29, 1.82) is 0 Å². The standard InChI is InChI=1S/C15H27N3O2S/c1-5-6-17-11-15(8-14(17)9-16-4)21(19,20)18-10-12(2)7-13(18)3/h8,11-13,16H,5-7,9-10H2,1-4H3. The van der Waals surface area contributed by atoms with Crippen LogP contribution in [0, 0.1) is 5.92 Å². The minimum Gasteiger partial charge on any atom is -0.349 e. The Balaban J connectivity index is 2.33. The highest BCUT2D eigenvalue weighted by molar-refractivity contribution is 7.89. The first kappa shape index (κ1) is 16.5. The molecular formula is C15H27N3O2S. The van der Waals surface area contributed by atoms with Crippen LogP contribution in [0.3, 0.4) is 0 Å². The predicted molar refractivity (Wildman–Crippen MR) is 84.6 cm³/mol. The van der Waals surface area contributed by atoms with Gasteiger partial charge in [-0.05, 0) is 38.8 Å². The van der Waals surface area contributed by atoms with Crippen molar-refractivity contribution >= 4 is 10.0 Å². The summed E-state index contributed by atoms with van der Waals surface area (Å²) >= 11 is 0. The number of sulfonamides is 1. The number of nitrogens with one attached hydrogen (secondary N) is 1. The first-order valence-corrected chi connectivity index (χ1v) is 9.19. The molecule has 0 aliphatic carbocycles. The van der Waals surface area contributed by atoms with Crippen LogP contribution < -0.4 is 5.32 Å². The SMILES string of the molecule is CCCn1cc(S(=O)(=O)N2CC(C)CC2C)cc1CNC. The predicted octanol–water partition coefficient (Wildman–Crippen LogP) is 2.04. The molecule has 1 N–H and O–H groups in total. The summed E-state index contributed by atoms with van der Waals surface area (Å²) in [5, 5.41) is 3.10. The fourth-order valence-corrected chi connectivity index (χ4v) is 5.00. The third-order valence-corrected chi connectivity index (χ3v) is 6.06. The average Bonchev–Trinajstić information content (AvgIpc) is 2.95.